The van der Waals surface area contributed by atoms with E-state index in [1.807, 2.05) is 6.07 Å². The zero-order chi connectivity index (χ0) is 18.2. The summed E-state index contributed by atoms with van der Waals surface area (Å²) >= 11 is 21.7. The molecule has 0 aliphatic heterocycles. The fraction of sp³-hybridized carbons (Fsp3) is 0.250. The average Bonchev–Trinajstić information content (AvgIpc) is 2.72. The van der Waals surface area contributed by atoms with Crippen molar-refractivity contribution in [1.82, 2.24) is 4.57 Å². The number of aromatic nitrogens is 1. The van der Waals surface area contributed by atoms with Gasteiger partial charge in [-0.25, -0.2) is 0 Å². The second-order valence-corrected chi connectivity index (χ2v) is 7.81. The van der Waals surface area contributed by atoms with Crippen molar-refractivity contribution in [2.45, 2.75) is 20.4 Å². The molecule has 8 heteroatoms. The molecule has 1 aromatic carbocycles. The Bertz CT molecular complexity index is 869. The molecule has 0 aliphatic rings. The number of benzene rings is 1. The first-order valence-electron chi connectivity index (χ1n) is 6.76. The Morgan fingerprint density at radius 1 is 1.33 bits per heavy atom. The van der Waals surface area contributed by atoms with Crippen LogP contribution in [0.1, 0.15) is 19.4 Å². The molecule has 0 fully saturated rings. The van der Waals surface area contributed by atoms with Crippen LogP contribution in [0.2, 0.25) is 15.2 Å². The molecule has 0 atom stereocenters. The lowest BCUT2D eigenvalue weighted by molar-refractivity contribution is -0.147. The van der Waals surface area contributed by atoms with Gasteiger partial charge in [0, 0.05) is 12.1 Å². The number of nitriles is 1. The first kappa shape index (κ1) is 19.1. The fourth-order valence-corrected chi connectivity index (χ4v) is 3.61. The van der Waals surface area contributed by atoms with Crippen LogP contribution in [0, 0.1) is 16.7 Å². The largest absolute Gasteiger partial charge is 0.481 e. The highest BCUT2D eigenvalue weighted by molar-refractivity contribution is 9.10. The Morgan fingerprint density at radius 2 is 1.96 bits per heavy atom. The van der Waals surface area contributed by atoms with Gasteiger partial charge in [-0.05, 0) is 41.9 Å². The van der Waals surface area contributed by atoms with Crippen molar-refractivity contribution in [3.05, 3.63) is 43.4 Å². The monoisotopic (exact) mass is 448 g/mol. The molecule has 0 aliphatic carbocycles. The van der Waals surface area contributed by atoms with E-state index in [9.17, 15) is 15.2 Å². The second kappa shape index (κ2) is 6.97. The number of halogens is 4. The molecule has 0 saturated heterocycles. The lowest BCUT2D eigenvalue weighted by Gasteiger charge is -2.22. The van der Waals surface area contributed by atoms with Crippen molar-refractivity contribution in [1.29, 1.82) is 5.26 Å². The summed E-state index contributed by atoms with van der Waals surface area (Å²) in [7, 11) is 0. The minimum atomic E-state index is -1.08. The Labute approximate surface area is 162 Å². The van der Waals surface area contributed by atoms with E-state index in [4.69, 9.17) is 34.8 Å². The van der Waals surface area contributed by atoms with Crippen LogP contribution in [0.4, 0.5) is 0 Å². The number of hydrogen-bond acceptors (Lipinski definition) is 2. The summed E-state index contributed by atoms with van der Waals surface area (Å²) in [5.41, 5.74) is 0.393. The Kier molecular flexibility index (Phi) is 5.56. The molecule has 1 N–H and O–H groups in total. The van der Waals surface area contributed by atoms with Gasteiger partial charge in [-0.2, -0.15) is 5.26 Å². The predicted octanol–water partition coefficient (Wildman–Crippen LogP) is 5.86. The SMILES string of the molecule is CC(C)(Cn1c(Cl)c(C#N)c(Br)c1-c1ccc(Cl)c(Cl)c1)C(=O)O. The summed E-state index contributed by atoms with van der Waals surface area (Å²) in [5.74, 6) is -0.970. The van der Waals surface area contributed by atoms with Gasteiger partial charge >= 0.3 is 5.97 Å². The maximum atomic E-state index is 11.5. The van der Waals surface area contributed by atoms with Crippen molar-refractivity contribution in [2.24, 2.45) is 5.41 Å². The molecule has 4 nitrogen and oxygen atoms in total. The van der Waals surface area contributed by atoms with Crippen LogP contribution < -0.4 is 0 Å². The van der Waals surface area contributed by atoms with Crippen LogP contribution in [0.5, 0.6) is 0 Å². The normalized spacial score (nSPS) is 11.4. The van der Waals surface area contributed by atoms with Crippen LogP contribution in [0.3, 0.4) is 0 Å². The van der Waals surface area contributed by atoms with Crippen molar-refractivity contribution in [3.8, 4) is 17.3 Å². The van der Waals surface area contributed by atoms with Crippen LogP contribution in [-0.4, -0.2) is 15.6 Å². The third-order valence-electron chi connectivity index (χ3n) is 3.58. The highest BCUT2D eigenvalue weighted by Crippen LogP contribution is 2.41. The lowest BCUT2D eigenvalue weighted by Crippen LogP contribution is -2.29. The third-order valence-corrected chi connectivity index (χ3v) is 5.48. The molecule has 0 radical (unpaired) electrons. The van der Waals surface area contributed by atoms with Crippen LogP contribution in [0.15, 0.2) is 22.7 Å². The molecule has 1 heterocycles. The number of aliphatic carboxylic acids is 1. The highest BCUT2D eigenvalue weighted by Gasteiger charge is 2.32. The van der Waals surface area contributed by atoms with E-state index in [2.05, 4.69) is 15.9 Å². The number of carboxylic acid groups (broad SMARTS) is 1. The van der Waals surface area contributed by atoms with Gasteiger partial charge in [-0.15, -0.1) is 0 Å². The molecule has 1 aromatic heterocycles. The number of nitrogens with zero attached hydrogens (tertiary/aromatic N) is 2. The summed E-state index contributed by atoms with van der Waals surface area (Å²) < 4.78 is 2.08. The fourth-order valence-electron chi connectivity index (χ4n) is 2.19. The molecule has 0 amide bonds. The van der Waals surface area contributed by atoms with Gasteiger partial charge < -0.3 is 9.67 Å². The zero-order valence-corrected chi connectivity index (χ0v) is 16.6. The van der Waals surface area contributed by atoms with Crippen molar-refractivity contribution in [3.63, 3.8) is 0 Å². The first-order chi connectivity index (χ1) is 11.1. The summed E-state index contributed by atoms with van der Waals surface area (Å²) in [5, 5.41) is 19.7. The Morgan fingerprint density at radius 3 is 2.46 bits per heavy atom. The Hall–Kier alpha value is -1.19. The first-order valence-corrected chi connectivity index (χ1v) is 8.69. The number of hydrogen-bond donors (Lipinski definition) is 1. The van der Waals surface area contributed by atoms with E-state index < -0.39 is 11.4 Å². The van der Waals surface area contributed by atoms with E-state index in [0.29, 0.717) is 25.8 Å². The summed E-state index contributed by atoms with van der Waals surface area (Å²) in [6.45, 7) is 3.26. The summed E-state index contributed by atoms with van der Waals surface area (Å²) in [6.07, 6.45) is 0. The van der Waals surface area contributed by atoms with Crippen molar-refractivity contribution >= 4 is 56.7 Å². The number of carboxylic acids is 1. The molecular weight excluding hydrogens is 438 g/mol. The smallest absolute Gasteiger partial charge is 0.310 e. The molecular formula is C16H12BrCl3N2O2. The second-order valence-electron chi connectivity index (χ2n) is 5.84. The van der Waals surface area contributed by atoms with Gasteiger partial charge in [0.2, 0.25) is 0 Å². The van der Waals surface area contributed by atoms with Crippen molar-refractivity contribution < 1.29 is 9.90 Å². The van der Waals surface area contributed by atoms with E-state index in [0.717, 1.165) is 0 Å². The van der Waals surface area contributed by atoms with Crippen LogP contribution >= 0.6 is 50.7 Å². The van der Waals surface area contributed by atoms with E-state index in [-0.39, 0.29) is 17.3 Å². The molecule has 0 saturated carbocycles. The molecule has 2 rings (SSSR count). The maximum absolute atomic E-state index is 11.5. The van der Waals surface area contributed by atoms with E-state index in [1.165, 1.54) is 0 Å². The highest BCUT2D eigenvalue weighted by atomic mass is 79.9. The minimum absolute atomic E-state index is 0.0804. The number of carbonyl (C=O) groups is 1. The average molecular weight is 451 g/mol. The molecule has 0 unspecified atom stereocenters. The van der Waals surface area contributed by atoms with E-state index >= 15 is 0 Å². The van der Waals surface area contributed by atoms with Crippen LogP contribution in [0.25, 0.3) is 11.3 Å². The van der Waals surface area contributed by atoms with Gasteiger partial charge in [0.05, 0.1) is 25.6 Å². The number of rotatable bonds is 4. The van der Waals surface area contributed by atoms with Gasteiger partial charge in [-0.3, -0.25) is 4.79 Å². The van der Waals surface area contributed by atoms with Gasteiger partial charge in [-0.1, -0.05) is 40.9 Å². The topological polar surface area (TPSA) is 66.0 Å². The Balaban J connectivity index is 2.73. The summed E-state index contributed by atoms with van der Waals surface area (Å²) in [4.78, 5) is 11.5. The maximum Gasteiger partial charge on any atom is 0.310 e. The molecule has 24 heavy (non-hydrogen) atoms. The minimum Gasteiger partial charge on any atom is -0.481 e. The van der Waals surface area contributed by atoms with Crippen molar-refractivity contribution in [2.75, 3.05) is 0 Å². The van der Waals surface area contributed by atoms with E-state index in [1.54, 1.807) is 36.6 Å². The molecule has 0 spiro atoms. The zero-order valence-electron chi connectivity index (χ0n) is 12.7. The summed E-state index contributed by atoms with van der Waals surface area (Å²) in [6, 6.07) is 7.04. The molecule has 2 aromatic rings. The van der Waals surface area contributed by atoms with Gasteiger partial charge in [0.1, 0.15) is 16.8 Å². The van der Waals surface area contributed by atoms with Gasteiger partial charge in [0.25, 0.3) is 0 Å². The molecule has 0 bridgehead atoms. The quantitative estimate of drug-likeness (QED) is 0.634. The standard InChI is InChI=1S/C16H12BrCl3N2O2/c1-16(2,15(23)24)7-22-13(12(17)9(6-21)14(22)20)8-3-4-10(18)11(19)5-8/h3-5H,7H2,1-2H3,(H,23,24). The van der Waals surface area contributed by atoms with Gasteiger partial charge in [0.15, 0.2) is 0 Å². The third kappa shape index (κ3) is 3.43. The molecule has 126 valence electrons. The van der Waals surface area contributed by atoms with Crippen LogP contribution in [-0.2, 0) is 11.3 Å². The lowest BCUT2D eigenvalue weighted by atomic mass is 9.93. The predicted molar refractivity (Wildman–Crippen MR) is 98.7 cm³/mol.